The molecule has 0 bridgehead atoms. The van der Waals surface area contributed by atoms with E-state index in [1.807, 2.05) is 43.5 Å². The molecule has 1 aromatic heterocycles. The highest BCUT2D eigenvalue weighted by Crippen LogP contribution is 2.24. The van der Waals surface area contributed by atoms with Crippen molar-refractivity contribution >= 4 is 31.6 Å². The van der Waals surface area contributed by atoms with Crippen molar-refractivity contribution in [2.45, 2.75) is 32.2 Å². The highest BCUT2D eigenvalue weighted by Gasteiger charge is 2.14. The van der Waals surface area contributed by atoms with Crippen LogP contribution in [0.15, 0.2) is 51.8 Å². The molecule has 0 N–H and O–H groups in total. The summed E-state index contributed by atoms with van der Waals surface area (Å²) in [4.78, 5) is 0.667. The van der Waals surface area contributed by atoms with Gasteiger partial charge >= 0.3 is 0 Å². The molecule has 7 heteroatoms. The molecule has 0 atom stereocenters. The lowest BCUT2D eigenvalue weighted by Gasteiger charge is -2.04. The molecule has 2 aromatic carbocycles. The third-order valence-corrected chi connectivity index (χ3v) is 6.24. The van der Waals surface area contributed by atoms with E-state index in [2.05, 4.69) is 4.40 Å². The predicted octanol–water partition coefficient (Wildman–Crippen LogP) is 3.72. The zero-order valence-electron chi connectivity index (χ0n) is 14.4. The van der Waals surface area contributed by atoms with E-state index in [0.29, 0.717) is 18.0 Å². The molecular weight excluding hydrogens is 356 g/mol. The number of fused-ring (bicyclic) bond motifs is 1. The maximum atomic E-state index is 12.6. The van der Waals surface area contributed by atoms with Gasteiger partial charge in [-0.1, -0.05) is 29.0 Å². The maximum absolute atomic E-state index is 12.6. The minimum atomic E-state index is -3.75. The Morgan fingerprint density at radius 2 is 1.84 bits per heavy atom. The quantitative estimate of drug-likeness (QED) is 0.682. The van der Waals surface area contributed by atoms with E-state index in [1.54, 1.807) is 24.3 Å². The van der Waals surface area contributed by atoms with Crippen LogP contribution in [-0.2, 0) is 16.6 Å². The van der Waals surface area contributed by atoms with Crippen molar-refractivity contribution in [2.24, 2.45) is 4.40 Å². The summed E-state index contributed by atoms with van der Waals surface area (Å²) < 4.78 is 37.7. The maximum Gasteiger partial charge on any atom is 0.285 e. The summed E-state index contributed by atoms with van der Waals surface area (Å²) in [6, 6.07) is 12.5. The first-order valence-electron chi connectivity index (χ1n) is 8.08. The minimum Gasteiger partial charge on any atom is -0.494 e. The summed E-state index contributed by atoms with van der Waals surface area (Å²) in [5.74, 6) is 0.771. The van der Waals surface area contributed by atoms with E-state index >= 15 is 0 Å². The normalized spacial score (nSPS) is 12.7. The molecule has 132 valence electrons. The van der Waals surface area contributed by atoms with E-state index in [1.165, 1.54) is 11.3 Å². The number of hydrogen-bond donors (Lipinski definition) is 0. The molecule has 0 amide bonds. The van der Waals surface area contributed by atoms with Gasteiger partial charge in [-0.25, -0.2) is 0 Å². The first kappa shape index (κ1) is 17.7. The molecule has 0 saturated carbocycles. The SMILES string of the molecule is CCOc1ccc2c(c1)sc(=NS(=O)(=O)c1ccc(C)cc1)n2CC. The van der Waals surface area contributed by atoms with Gasteiger partial charge in [0.15, 0.2) is 0 Å². The molecule has 0 aliphatic rings. The predicted molar refractivity (Wildman–Crippen MR) is 101 cm³/mol. The van der Waals surface area contributed by atoms with Crippen molar-refractivity contribution in [3.05, 3.63) is 52.8 Å². The molecule has 0 radical (unpaired) electrons. The van der Waals surface area contributed by atoms with Crippen LogP contribution in [0.3, 0.4) is 0 Å². The van der Waals surface area contributed by atoms with Gasteiger partial charge in [0.25, 0.3) is 10.0 Å². The Morgan fingerprint density at radius 3 is 2.48 bits per heavy atom. The van der Waals surface area contributed by atoms with Crippen LogP contribution in [0.5, 0.6) is 5.75 Å². The molecular formula is C18H20N2O3S2. The lowest BCUT2D eigenvalue weighted by molar-refractivity contribution is 0.341. The largest absolute Gasteiger partial charge is 0.494 e. The fourth-order valence-corrected chi connectivity index (χ4v) is 4.88. The van der Waals surface area contributed by atoms with E-state index in [-0.39, 0.29) is 4.90 Å². The first-order valence-corrected chi connectivity index (χ1v) is 10.3. The molecule has 3 rings (SSSR count). The molecule has 0 aliphatic heterocycles. The average Bonchev–Trinajstić information content (AvgIpc) is 2.91. The number of aryl methyl sites for hydroxylation is 2. The van der Waals surface area contributed by atoms with E-state index in [0.717, 1.165) is 21.5 Å². The van der Waals surface area contributed by atoms with Crippen molar-refractivity contribution in [3.8, 4) is 5.75 Å². The average molecular weight is 377 g/mol. The smallest absolute Gasteiger partial charge is 0.285 e. The molecule has 25 heavy (non-hydrogen) atoms. The zero-order chi connectivity index (χ0) is 18.0. The highest BCUT2D eigenvalue weighted by atomic mass is 32.2. The highest BCUT2D eigenvalue weighted by molar-refractivity contribution is 7.90. The molecule has 0 spiro atoms. The second-order valence-electron chi connectivity index (χ2n) is 5.57. The fraction of sp³-hybridized carbons (Fsp3) is 0.278. The molecule has 0 saturated heterocycles. The third-order valence-electron chi connectivity index (χ3n) is 3.80. The zero-order valence-corrected chi connectivity index (χ0v) is 16.0. The van der Waals surface area contributed by atoms with Crippen LogP contribution >= 0.6 is 11.3 Å². The van der Waals surface area contributed by atoms with Gasteiger partial charge in [-0.05, 0) is 51.1 Å². The number of aromatic nitrogens is 1. The number of rotatable bonds is 5. The van der Waals surface area contributed by atoms with Crippen LogP contribution in [0, 0.1) is 6.92 Å². The van der Waals surface area contributed by atoms with Gasteiger partial charge in [0.2, 0.25) is 4.80 Å². The summed E-state index contributed by atoms with van der Waals surface area (Å²) in [6.45, 7) is 7.04. The van der Waals surface area contributed by atoms with Crippen molar-refractivity contribution in [3.63, 3.8) is 0 Å². The number of hydrogen-bond acceptors (Lipinski definition) is 4. The van der Waals surface area contributed by atoms with Crippen LogP contribution in [0.4, 0.5) is 0 Å². The third kappa shape index (κ3) is 3.62. The lowest BCUT2D eigenvalue weighted by Crippen LogP contribution is -2.16. The summed E-state index contributed by atoms with van der Waals surface area (Å²) in [5, 5.41) is 0. The Hall–Kier alpha value is -2.12. The van der Waals surface area contributed by atoms with E-state index in [9.17, 15) is 8.42 Å². The van der Waals surface area contributed by atoms with Gasteiger partial charge in [-0.15, -0.1) is 4.40 Å². The molecule has 5 nitrogen and oxygen atoms in total. The van der Waals surface area contributed by atoms with Crippen LogP contribution in [0.2, 0.25) is 0 Å². The Labute approximate surface area is 151 Å². The van der Waals surface area contributed by atoms with Crippen molar-refractivity contribution < 1.29 is 13.2 Å². The van der Waals surface area contributed by atoms with Crippen LogP contribution < -0.4 is 9.54 Å². The number of ether oxygens (including phenoxy) is 1. The van der Waals surface area contributed by atoms with Gasteiger partial charge in [-0.2, -0.15) is 8.42 Å². The van der Waals surface area contributed by atoms with Crippen LogP contribution in [0.25, 0.3) is 10.2 Å². The standard InChI is InChI=1S/C18H20N2O3S2/c1-4-20-16-11-8-14(23-5-2)12-17(16)24-18(20)19-25(21,22)15-9-6-13(3)7-10-15/h6-12H,4-5H2,1-3H3. The number of benzene rings is 2. The minimum absolute atomic E-state index is 0.202. The second kappa shape index (κ2) is 7.01. The monoisotopic (exact) mass is 376 g/mol. The lowest BCUT2D eigenvalue weighted by atomic mass is 10.2. The van der Waals surface area contributed by atoms with Gasteiger partial charge in [0, 0.05) is 6.54 Å². The topological polar surface area (TPSA) is 60.7 Å². The van der Waals surface area contributed by atoms with Gasteiger partial charge in [0.05, 0.1) is 21.7 Å². The first-order chi connectivity index (χ1) is 11.9. The second-order valence-corrected chi connectivity index (χ2v) is 8.18. The van der Waals surface area contributed by atoms with Crippen LogP contribution in [-0.4, -0.2) is 19.6 Å². The molecule has 0 unspecified atom stereocenters. The van der Waals surface area contributed by atoms with Crippen molar-refractivity contribution in [1.29, 1.82) is 0 Å². The molecule has 0 fully saturated rings. The number of nitrogens with zero attached hydrogens (tertiary/aromatic N) is 2. The molecule has 1 heterocycles. The summed E-state index contributed by atoms with van der Waals surface area (Å²) >= 11 is 1.35. The van der Waals surface area contributed by atoms with E-state index < -0.39 is 10.0 Å². The van der Waals surface area contributed by atoms with Crippen molar-refractivity contribution in [1.82, 2.24) is 4.57 Å². The summed E-state index contributed by atoms with van der Waals surface area (Å²) in [5.41, 5.74) is 1.96. The Bertz CT molecular complexity index is 1060. The molecule has 0 aliphatic carbocycles. The summed E-state index contributed by atoms with van der Waals surface area (Å²) in [7, 11) is -3.75. The number of thiazole rings is 1. The Kier molecular flexibility index (Phi) is 4.96. The Balaban J connectivity index is 2.16. The Morgan fingerprint density at radius 1 is 1.12 bits per heavy atom. The van der Waals surface area contributed by atoms with Gasteiger partial charge in [-0.3, -0.25) is 0 Å². The molecule has 3 aromatic rings. The van der Waals surface area contributed by atoms with Crippen molar-refractivity contribution in [2.75, 3.05) is 6.61 Å². The fourth-order valence-electron chi connectivity index (χ4n) is 2.55. The van der Waals surface area contributed by atoms with Gasteiger partial charge < -0.3 is 9.30 Å². The van der Waals surface area contributed by atoms with E-state index in [4.69, 9.17) is 4.74 Å². The summed E-state index contributed by atoms with van der Waals surface area (Å²) in [6.07, 6.45) is 0. The van der Waals surface area contributed by atoms with Crippen LogP contribution in [0.1, 0.15) is 19.4 Å². The van der Waals surface area contributed by atoms with Gasteiger partial charge in [0.1, 0.15) is 5.75 Å². The number of sulfonamides is 1.